The third-order valence-corrected chi connectivity index (χ3v) is 8.98. The normalized spacial score (nSPS) is 23.3. The van der Waals surface area contributed by atoms with Gasteiger partial charge in [-0.1, -0.05) is 0 Å². The number of aryl methyl sites for hydroxylation is 1. The summed E-state index contributed by atoms with van der Waals surface area (Å²) in [4.78, 5) is 30.0. The van der Waals surface area contributed by atoms with E-state index < -0.39 is 27.8 Å². The predicted octanol–water partition coefficient (Wildman–Crippen LogP) is 1.36. The molecule has 0 aliphatic carbocycles. The molecular formula is C26H31N3O8S. The van der Waals surface area contributed by atoms with Crippen LogP contribution in [0.25, 0.3) is 5.76 Å². The summed E-state index contributed by atoms with van der Waals surface area (Å²) in [7, 11) is -3.72. The molecule has 1 N–H and O–H groups in total. The van der Waals surface area contributed by atoms with Crippen LogP contribution in [-0.2, 0) is 29.1 Å². The van der Waals surface area contributed by atoms with Gasteiger partial charge in [0.1, 0.15) is 23.3 Å². The Morgan fingerprint density at radius 3 is 2.16 bits per heavy atom. The van der Waals surface area contributed by atoms with E-state index in [2.05, 4.69) is 4.90 Å². The van der Waals surface area contributed by atoms with Gasteiger partial charge in [-0.2, -0.15) is 4.31 Å². The number of ketones is 1. The number of benzene rings is 1. The van der Waals surface area contributed by atoms with E-state index in [-0.39, 0.29) is 41.4 Å². The molecule has 4 heterocycles. The first-order chi connectivity index (χ1) is 18.3. The van der Waals surface area contributed by atoms with Crippen molar-refractivity contribution in [1.29, 1.82) is 0 Å². The number of furan rings is 1. The lowest BCUT2D eigenvalue weighted by atomic mass is 9.99. The largest absolute Gasteiger partial charge is 0.507 e. The summed E-state index contributed by atoms with van der Waals surface area (Å²) >= 11 is 0. The quantitative estimate of drug-likeness (QED) is 0.311. The fraction of sp³-hybridized carbons (Fsp3) is 0.462. The van der Waals surface area contributed by atoms with Crippen molar-refractivity contribution in [2.75, 3.05) is 65.7 Å². The first-order valence-corrected chi connectivity index (χ1v) is 14.0. The topological polar surface area (TPSA) is 130 Å². The summed E-state index contributed by atoms with van der Waals surface area (Å²) in [5.74, 6) is -0.932. The number of likely N-dealkylation sites (tertiary alicyclic amines) is 1. The summed E-state index contributed by atoms with van der Waals surface area (Å²) in [6, 6.07) is 8.19. The Morgan fingerprint density at radius 2 is 1.55 bits per heavy atom. The molecule has 1 amide bonds. The fourth-order valence-corrected chi connectivity index (χ4v) is 6.37. The number of nitrogens with zero attached hydrogens (tertiary/aromatic N) is 3. The molecule has 3 fully saturated rings. The number of aliphatic hydroxyl groups excluding tert-OH is 1. The van der Waals surface area contributed by atoms with Gasteiger partial charge in [0.25, 0.3) is 11.7 Å². The highest BCUT2D eigenvalue weighted by atomic mass is 32.2. The van der Waals surface area contributed by atoms with Gasteiger partial charge in [0.2, 0.25) is 10.0 Å². The maximum atomic E-state index is 13.2. The molecule has 0 bridgehead atoms. The lowest BCUT2D eigenvalue weighted by Crippen LogP contribution is -2.42. The maximum absolute atomic E-state index is 13.2. The molecule has 1 aromatic heterocycles. The van der Waals surface area contributed by atoms with Gasteiger partial charge < -0.3 is 23.9 Å². The molecule has 0 radical (unpaired) electrons. The van der Waals surface area contributed by atoms with E-state index in [0.717, 1.165) is 13.1 Å². The minimum absolute atomic E-state index is 0.0696. The van der Waals surface area contributed by atoms with Crippen molar-refractivity contribution in [1.82, 2.24) is 14.1 Å². The van der Waals surface area contributed by atoms with Crippen LogP contribution < -0.4 is 0 Å². The summed E-state index contributed by atoms with van der Waals surface area (Å²) < 4.78 is 43.7. The molecule has 204 valence electrons. The van der Waals surface area contributed by atoms with Crippen LogP contribution in [0.3, 0.4) is 0 Å². The van der Waals surface area contributed by atoms with Crippen LogP contribution in [0.5, 0.6) is 0 Å². The highest BCUT2D eigenvalue weighted by Crippen LogP contribution is 2.40. The van der Waals surface area contributed by atoms with Crippen LogP contribution >= 0.6 is 0 Å². The summed E-state index contributed by atoms with van der Waals surface area (Å²) in [5, 5.41) is 11.3. The zero-order valence-corrected chi connectivity index (χ0v) is 22.0. The second-order valence-electron chi connectivity index (χ2n) is 9.44. The van der Waals surface area contributed by atoms with Crippen LogP contribution in [-0.4, -0.2) is 105 Å². The summed E-state index contributed by atoms with van der Waals surface area (Å²) in [6.07, 6.45) is 0. The van der Waals surface area contributed by atoms with Crippen LogP contribution in [0.1, 0.15) is 23.1 Å². The number of aliphatic hydroxyl groups is 1. The molecule has 0 saturated carbocycles. The zero-order valence-electron chi connectivity index (χ0n) is 21.2. The third kappa shape index (κ3) is 5.14. The number of amides is 1. The molecule has 1 unspecified atom stereocenters. The number of Topliss-reactive ketones (excluding diaryl/α,β-unsaturated/α-hetero) is 1. The van der Waals surface area contributed by atoms with Crippen molar-refractivity contribution in [2.24, 2.45) is 0 Å². The lowest BCUT2D eigenvalue weighted by Gasteiger charge is -2.30. The van der Waals surface area contributed by atoms with Crippen LogP contribution in [0.15, 0.2) is 51.3 Å². The third-order valence-electron chi connectivity index (χ3n) is 7.07. The molecule has 11 nitrogen and oxygen atoms in total. The molecule has 2 aromatic rings. The van der Waals surface area contributed by atoms with Crippen molar-refractivity contribution in [3.8, 4) is 0 Å². The molecule has 3 saturated heterocycles. The van der Waals surface area contributed by atoms with Gasteiger partial charge in [-0.05, 0) is 43.3 Å². The zero-order chi connectivity index (χ0) is 26.9. The highest BCUT2D eigenvalue weighted by Gasteiger charge is 2.47. The second-order valence-corrected chi connectivity index (χ2v) is 11.4. The van der Waals surface area contributed by atoms with E-state index in [1.807, 2.05) is 0 Å². The van der Waals surface area contributed by atoms with E-state index >= 15 is 0 Å². The first kappa shape index (κ1) is 26.6. The average Bonchev–Trinajstić information content (AvgIpc) is 3.48. The molecule has 38 heavy (non-hydrogen) atoms. The Kier molecular flexibility index (Phi) is 7.68. The van der Waals surface area contributed by atoms with E-state index in [9.17, 15) is 23.1 Å². The van der Waals surface area contributed by atoms with Crippen LogP contribution in [0, 0.1) is 6.92 Å². The van der Waals surface area contributed by atoms with Gasteiger partial charge in [0.05, 0.1) is 36.9 Å². The van der Waals surface area contributed by atoms with E-state index in [1.54, 1.807) is 19.1 Å². The number of hydrogen-bond donors (Lipinski definition) is 1. The van der Waals surface area contributed by atoms with Gasteiger partial charge in [-0.25, -0.2) is 8.42 Å². The van der Waals surface area contributed by atoms with E-state index in [1.165, 1.54) is 33.5 Å². The van der Waals surface area contributed by atoms with Crippen molar-refractivity contribution in [2.45, 2.75) is 17.9 Å². The minimum atomic E-state index is -3.72. The second kappa shape index (κ2) is 11.0. The summed E-state index contributed by atoms with van der Waals surface area (Å²) in [6.45, 7) is 6.43. The number of carbonyl (C=O) groups excluding carboxylic acids is 2. The predicted molar refractivity (Wildman–Crippen MR) is 136 cm³/mol. The minimum Gasteiger partial charge on any atom is -0.507 e. The fourth-order valence-electron chi connectivity index (χ4n) is 4.96. The Morgan fingerprint density at radius 1 is 0.921 bits per heavy atom. The molecule has 3 aliphatic rings. The molecule has 1 atom stereocenters. The Bertz CT molecular complexity index is 1320. The Labute approximate surface area is 221 Å². The van der Waals surface area contributed by atoms with Gasteiger partial charge in [0, 0.05) is 44.8 Å². The van der Waals surface area contributed by atoms with E-state index in [0.29, 0.717) is 44.5 Å². The average molecular weight is 546 g/mol. The van der Waals surface area contributed by atoms with Crippen molar-refractivity contribution >= 4 is 27.5 Å². The Balaban J connectivity index is 1.46. The van der Waals surface area contributed by atoms with Crippen molar-refractivity contribution in [3.63, 3.8) is 0 Å². The number of morpholine rings is 2. The van der Waals surface area contributed by atoms with Crippen molar-refractivity contribution in [3.05, 3.63) is 59.1 Å². The Hall–Kier alpha value is -3.03. The molecule has 5 rings (SSSR count). The van der Waals surface area contributed by atoms with Crippen LogP contribution in [0.4, 0.5) is 0 Å². The monoisotopic (exact) mass is 545 g/mol. The van der Waals surface area contributed by atoms with Crippen molar-refractivity contribution < 1.29 is 37.0 Å². The van der Waals surface area contributed by atoms with Gasteiger partial charge in [0.15, 0.2) is 0 Å². The number of sulfonamides is 1. The molecule has 0 spiro atoms. The smallest absolute Gasteiger partial charge is 0.295 e. The number of hydrogen-bond acceptors (Lipinski definition) is 9. The van der Waals surface area contributed by atoms with E-state index in [4.69, 9.17) is 13.9 Å². The number of rotatable bonds is 7. The first-order valence-electron chi connectivity index (χ1n) is 12.6. The highest BCUT2D eigenvalue weighted by molar-refractivity contribution is 7.89. The maximum Gasteiger partial charge on any atom is 0.295 e. The number of carbonyl (C=O) groups is 2. The van der Waals surface area contributed by atoms with Crippen LogP contribution in [0.2, 0.25) is 0 Å². The standard InChI is InChI=1S/C26H31N3O8S/c1-18-2-7-21(37-18)23-22(25(31)26(32)29(23)9-8-27-10-14-35-15-11-27)24(30)19-3-5-20(6-4-19)38(33,34)28-12-16-36-17-13-28/h2-7,23,30H,8-17H2,1H3. The lowest BCUT2D eigenvalue weighted by molar-refractivity contribution is -0.140. The summed E-state index contributed by atoms with van der Waals surface area (Å²) in [5.41, 5.74) is 0.139. The van der Waals surface area contributed by atoms with Gasteiger partial charge in [-0.3, -0.25) is 14.5 Å². The molecular weight excluding hydrogens is 514 g/mol. The SMILES string of the molecule is Cc1ccc(C2C(=C(O)c3ccc(S(=O)(=O)N4CCOCC4)cc3)C(=O)C(=O)N2CCN2CCOCC2)o1. The number of ether oxygens (including phenoxy) is 2. The van der Waals surface area contributed by atoms with Gasteiger partial charge in [-0.15, -0.1) is 0 Å². The molecule has 1 aromatic carbocycles. The molecule has 12 heteroatoms. The van der Waals surface area contributed by atoms with Gasteiger partial charge >= 0.3 is 0 Å². The molecule has 3 aliphatic heterocycles.